The van der Waals surface area contributed by atoms with Gasteiger partial charge in [-0.2, -0.15) is 0 Å². The lowest BCUT2D eigenvalue weighted by atomic mass is 9.94. The molecule has 0 saturated heterocycles. The van der Waals surface area contributed by atoms with E-state index < -0.39 is 12.2 Å². The highest BCUT2D eigenvalue weighted by Crippen LogP contribution is 2.29. The Hall–Kier alpha value is -2.44. The molecule has 28 heavy (non-hydrogen) atoms. The van der Waals surface area contributed by atoms with Crippen molar-refractivity contribution in [3.8, 4) is 0 Å². The molecule has 6 heteroatoms. The van der Waals surface area contributed by atoms with Crippen LogP contribution in [0.1, 0.15) is 39.3 Å². The zero-order chi connectivity index (χ0) is 21.1. The Morgan fingerprint density at radius 1 is 0.964 bits per heavy atom. The van der Waals surface area contributed by atoms with E-state index in [4.69, 9.17) is 9.47 Å². The maximum atomic E-state index is 12.5. The first-order chi connectivity index (χ1) is 13.3. The van der Waals surface area contributed by atoms with Crippen molar-refractivity contribution in [3.05, 3.63) is 55.1 Å². The number of para-hydroxylation sites is 1. The van der Waals surface area contributed by atoms with Gasteiger partial charge >= 0.3 is 0 Å². The number of hydrogen-bond acceptors (Lipinski definition) is 4. The summed E-state index contributed by atoms with van der Waals surface area (Å²) in [6.07, 6.45) is 1.97. The van der Waals surface area contributed by atoms with Crippen LogP contribution < -0.4 is 10.6 Å². The molecule has 0 aliphatic rings. The van der Waals surface area contributed by atoms with E-state index in [1.165, 1.54) is 0 Å². The van der Waals surface area contributed by atoms with Gasteiger partial charge in [0, 0.05) is 5.69 Å². The van der Waals surface area contributed by atoms with Gasteiger partial charge in [-0.15, -0.1) is 13.2 Å². The maximum Gasteiger partial charge on any atom is 0.253 e. The highest BCUT2D eigenvalue weighted by molar-refractivity contribution is 5.94. The molecule has 1 aromatic carbocycles. The summed E-state index contributed by atoms with van der Waals surface area (Å²) in [5.74, 6) is -0.377. The molecule has 1 aromatic rings. The first kappa shape index (κ1) is 23.6. The van der Waals surface area contributed by atoms with Gasteiger partial charge in [-0.3, -0.25) is 9.59 Å². The van der Waals surface area contributed by atoms with Gasteiger partial charge < -0.3 is 20.1 Å². The fourth-order valence-electron chi connectivity index (χ4n) is 2.57. The molecule has 0 unspecified atom stereocenters. The normalized spacial score (nSPS) is 14.0. The number of hydrogen-bond donors (Lipinski definition) is 2. The number of nitrogens with one attached hydrogen (secondary N) is 2. The van der Waals surface area contributed by atoms with Crippen LogP contribution in [-0.4, -0.2) is 37.2 Å². The smallest absolute Gasteiger partial charge is 0.253 e. The topological polar surface area (TPSA) is 76.7 Å². The van der Waals surface area contributed by atoms with Crippen LogP contribution in [0, 0.1) is 5.92 Å². The summed E-state index contributed by atoms with van der Waals surface area (Å²) in [6.45, 7) is 15.2. The average molecular weight is 389 g/mol. The van der Waals surface area contributed by atoms with Gasteiger partial charge in [0.15, 0.2) is 0 Å². The number of amides is 2. The average Bonchev–Trinajstić information content (AvgIpc) is 2.68. The Balaban J connectivity index is 2.98. The van der Waals surface area contributed by atoms with Crippen molar-refractivity contribution in [2.24, 2.45) is 5.92 Å². The summed E-state index contributed by atoms with van der Waals surface area (Å²) >= 11 is 0. The minimum absolute atomic E-state index is 0.100. The maximum absolute atomic E-state index is 12.5. The van der Waals surface area contributed by atoms with Gasteiger partial charge in [0.2, 0.25) is 5.91 Å². The van der Waals surface area contributed by atoms with E-state index in [0.29, 0.717) is 18.9 Å². The molecule has 0 heterocycles. The van der Waals surface area contributed by atoms with Gasteiger partial charge in [-0.25, -0.2) is 0 Å². The molecule has 3 atom stereocenters. The third-order valence-electron chi connectivity index (χ3n) is 4.18. The quantitative estimate of drug-likeness (QED) is 0.536. The van der Waals surface area contributed by atoms with E-state index in [1.54, 1.807) is 26.0 Å². The number of anilines is 1. The van der Waals surface area contributed by atoms with E-state index >= 15 is 0 Å². The van der Waals surface area contributed by atoms with E-state index in [0.717, 1.165) is 5.56 Å². The Morgan fingerprint density at radius 3 is 2.04 bits per heavy atom. The Kier molecular flexibility index (Phi) is 10.2. The van der Waals surface area contributed by atoms with Crippen LogP contribution in [0.2, 0.25) is 0 Å². The zero-order valence-electron chi connectivity index (χ0n) is 17.2. The molecule has 0 bridgehead atoms. The van der Waals surface area contributed by atoms with Crippen LogP contribution in [0.15, 0.2) is 49.6 Å². The van der Waals surface area contributed by atoms with Gasteiger partial charge in [0.1, 0.15) is 12.2 Å². The number of rotatable bonds is 12. The first-order valence-corrected chi connectivity index (χ1v) is 9.46. The summed E-state index contributed by atoms with van der Waals surface area (Å²) in [4.78, 5) is 24.9. The molecule has 2 amide bonds. The highest BCUT2D eigenvalue weighted by Gasteiger charge is 2.25. The second kappa shape index (κ2) is 12.1. The summed E-state index contributed by atoms with van der Waals surface area (Å²) in [5, 5.41) is 5.92. The number of carbonyl (C=O) groups is 2. The van der Waals surface area contributed by atoms with Crippen molar-refractivity contribution in [2.45, 2.75) is 45.9 Å². The van der Waals surface area contributed by atoms with E-state index in [-0.39, 0.29) is 23.8 Å². The fraction of sp³-hybridized carbons (Fsp3) is 0.455. The van der Waals surface area contributed by atoms with Crippen LogP contribution in [0.4, 0.5) is 5.69 Å². The summed E-state index contributed by atoms with van der Waals surface area (Å²) in [7, 11) is 0. The number of benzene rings is 1. The Bertz CT molecular complexity index is 672. The van der Waals surface area contributed by atoms with E-state index in [9.17, 15) is 9.59 Å². The van der Waals surface area contributed by atoms with Gasteiger partial charge in [-0.05, 0) is 31.4 Å². The molecule has 0 aliphatic heterocycles. The zero-order valence-corrected chi connectivity index (χ0v) is 17.2. The fourth-order valence-corrected chi connectivity index (χ4v) is 2.57. The molecule has 1 rings (SSSR count). The second-order valence-corrected chi connectivity index (χ2v) is 6.84. The SMILES string of the molecule is C=CCO[C@H](C)C(=O)Nc1ccccc1[C@H](NC(=O)[C@@H](C)OCC=C)C(C)C. The summed E-state index contributed by atoms with van der Waals surface area (Å²) < 4.78 is 10.8. The minimum atomic E-state index is -0.620. The Labute approximate surface area is 168 Å². The van der Waals surface area contributed by atoms with Gasteiger partial charge in [0.25, 0.3) is 5.91 Å². The molecular formula is C22H32N2O4. The molecule has 0 aromatic heterocycles. The molecule has 0 saturated carbocycles. The molecular weight excluding hydrogens is 356 g/mol. The first-order valence-electron chi connectivity index (χ1n) is 9.46. The van der Waals surface area contributed by atoms with Gasteiger partial charge in [0.05, 0.1) is 19.3 Å². The van der Waals surface area contributed by atoms with Crippen molar-refractivity contribution in [3.63, 3.8) is 0 Å². The van der Waals surface area contributed by atoms with Crippen LogP contribution >= 0.6 is 0 Å². The lowest BCUT2D eigenvalue weighted by Gasteiger charge is -2.27. The molecule has 2 N–H and O–H groups in total. The number of ether oxygens (including phenoxy) is 2. The predicted octanol–water partition coefficient (Wildman–Crippen LogP) is 3.62. The third-order valence-corrected chi connectivity index (χ3v) is 4.18. The van der Waals surface area contributed by atoms with Crippen molar-refractivity contribution in [1.29, 1.82) is 0 Å². The summed E-state index contributed by atoms with van der Waals surface area (Å²) in [5.41, 5.74) is 1.46. The lowest BCUT2D eigenvalue weighted by Crippen LogP contribution is -2.39. The van der Waals surface area contributed by atoms with Crippen LogP contribution in [0.5, 0.6) is 0 Å². The molecule has 0 radical (unpaired) electrons. The number of carbonyl (C=O) groups excluding carboxylic acids is 2. The van der Waals surface area contributed by atoms with E-state index in [2.05, 4.69) is 23.8 Å². The van der Waals surface area contributed by atoms with Crippen molar-refractivity contribution >= 4 is 17.5 Å². The van der Waals surface area contributed by atoms with Crippen molar-refractivity contribution < 1.29 is 19.1 Å². The largest absolute Gasteiger partial charge is 0.365 e. The lowest BCUT2D eigenvalue weighted by molar-refractivity contribution is -0.132. The highest BCUT2D eigenvalue weighted by atomic mass is 16.5. The minimum Gasteiger partial charge on any atom is -0.365 e. The van der Waals surface area contributed by atoms with Crippen molar-refractivity contribution in [2.75, 3.05) is 18.5 Å². The van der Waals surface area contributed by atoms with Gasteiger partial charge in [-0.1, -0.05) is 44.2 Å². The summed E-state index contributed by atoms with van der Waals surface area (Å²) in [6, 6.07) is 7.13. The molecule has 154 valence electrons. The van der Waals surface area contributed by atoms with Crippen LogP contribution in [0.25, 0.3) is 0 Å². The molecule has 0 aliphatic carbocycles. The third kappa shape index (κ3) is 7.29. The molecule has 6 nitrogen and oxygen atoms in total. The van der Waals surface area contributed by atoms with Crippen molar-refractivity contribution in [1.82, 2.24) is 5.32 Å². The predicted molar refractivity (Wildman–Crippen MR) is 112 cm³/mol. The molecule has 0 spiro atoms. The second-order valence-electron chi connectivity index (χ2n) is 6.84. The van der Waals surface area contributed by atoms with Crippen LogP contribution in [-0.2, 0) is 19.1 Å². The van der Waals surface area contributed by atoms with E-state index in [1.807, 2.05) is 38.1 Å². The molecule has 0 fully saturated rings. The standard InChI is InChI=1S/C22H32N2O4/c1-7-13-27-16(5)21(25)23-19-12-10-9-11-18(19)20(15(3)4)24-22(26)17(6)28-14-8-2/h7-12,15-17,20H,1-2,13-14H2,3-6H3,(H,23,25)(H,24,26)/t16-,17-,20-/m1/s1. The monoisotopic (exact) mass is 388 g/mol. The van der Waals surface area contributed by atoms with Crippen LogP contribution in [0.3, 0.4) is 0 Å². The Morgan fingerprint density at radius 2 is 1.50 bits per heavy atom.